The Morgan fingerprint density at radius 3 is 2.50 bits per heavy atom. The van der Waals surface area contributed by atoms with Gasteiger partial charge in [0, 0.05) is 15.6 Å². The Hall–Kier alpha value is -2.00. The van der Waals surface area contributed by atoms with E-state index >= 15 is 0 Å². The van der Waals surface area contributed by atoms with Crippen molar-refractivity contribution in [3.8, 4) is 0 Å². The summed E-state index contributed by atoms with van der Waals surface area (Å²) in [5.74, 6) is -0.607. The van der Waals surface area contributed by atoms with Crippen LogP contribution >= 0.6 is 15.9 Å². The Balaban J connectivity index is 2.17. The van der Waals surface area contributed by atoms with Crippen LogP contribution in [0.2, 0.25) is 0 Å². The van der Waals surface area contributed by atoms with E-state index in [2.05, 4.69) is 15.9 Å². The van der Waals surface area contributed by atoms with E-state index in [9.17, 15) is 9.18 Å². The zero-order chi connectivity index (χ0) is 14.1. The lowest BCUT2D eigenvalue weighted by atomic mass is 9.97. The number of fused-ring (bicyclic) bond motifs is 1. The van der Waals surface area contributed by atoms with Gasteiger partial charge in [-0.2, -0.15) is 0 Å². The Morgan fingerprint density at radius 2 is 1.70 bits per heavy atom. The number of halogens is 2. The summed E-state index contributed by atoms with van der Waals surface area (Å²) in [5.41, 5.74) is 0.925. The smallest absolute Gasteiger partial charge is 0.193 e. The minimum Gasteiger partial charge on any atom is -0.289 e. The predicted molar refractivity (Wildman–Crippen MR) is 81.5 cm³/mol. The number of benzene rings is 3. The molecule has 0 fully saturated rings. The van der Waals surface area contributed by atoms with Gasteiger partial charge in [0.25, 0.3) is 0 Å². The summed E-state index contributed by atoms with van der Waals surface area (Å²) in [6.45, 7) is 0. The van der Waals surface area contributed by atoms with E-state index in [0.717, 1.165) is 10.8 Å². The largest absolute Gasteiger partial charge is 0.289 e. The second-order valence-corrected chi connectivity index (χ2v) is 5.43. The molecule has 20 heavy (non-hydrogen) atoms. The highest BCUT2D eigenvalue weighted by atomic mass is 79.9. The van der Waals surface area contributed by atoms with E-state index in [4.69, 9.17) is 0 Å². The molecule has 0 N–H and O–H groups in total. The molecule has 0 heterocycles. The van der Waals surface area contributed by atoms with Gasteiger partial charge in [-0.3, -0.25) is 4.79 Å². The van der Waals surface area contributed by atoms with Gasteiger partial charge in [-0.1, -0.05) is 58.4 Å². The van der Waals surface area contributed by atoms with Crippen molar-refractivity contribution in [3.63, 3.8) is 0 Å². The third-order valence-corrected chi connectivity index (χ3v) is 3.62. The van der Waals surface area contributed by atoms with Crippen molar-refractivity contribution in [2.45, 2.75) is 0 Å². The molecule has 0 radical (unpaired) electrons. The van der Waals surface area contributed by atoms with Gasteiger partial charge in [-0.15, -0.1) is 0 Å². The first-order chi connectivity index (χ1) is 9.65. The maximum Gasteiger partial charge on any atom is 0.193 e. The van der Waals surface area contributed by atoms with Crippen molar-refractivity contribution in [1.29, 1.82) is 0 Å². The summed E-state index contributed by atoms with van der Waals surface area (Å²) in [4.78, 5) is 12.6. The first-order valence-electron chi connectivity index (χ1n) is 6.14. The molecule has 0 saturated heterocycles. The fourth-order valence-corrected chi connectivity index (χ4v) is 2.73. The minimum atomic E-state index is -0.428. The molecule has 0 aliphatic heterocycles. The van der Waals surface area contributed by atoms with Crippen LogP contribution in [0.15, 0.2) is 65.1 Å². The molecule has 0 bridgehead atoms. The van der Waals surface area contributed by atoms with Crippen LogP contribution in [0.1, 0.15) is 15.9 Å². The van der Waals surface area contributed by atoms with Crippen LogP contribution in [0.4, 0.5) is 4.39 Å². The summed E-state index contributed by atoms with van der Waals surface area (Å²) in [5, 5.41) is 1.87. The second-order valence-electron chi connectivity index (χ2n) is 4.51. The molecule has 1 nitrogen and oxygen atoms in total. The van der Waals surface area contributed by atoms with Gasteiger partial charge >= 0.3 is 0 Å². The monoisotopic (exact) mass is 328 g/mol. The molecule has 0 aromatic heterocycles. The van der Waals surface area contributed by atoms with Gasteiger partial charge in [0.15, 0.2) is 5.78 Å². The van der Waals surface area contributed by atoms with E-state index in [1.54, 1.807) is 12.1 Å². The minimum absolute atomic E-state index is 0.179. The predicted octanol–water partition coefficient (Wildman–Crippen LogP) is 4.97. The van der Waals surface area contributed by atoms with Gasteiger partial charge in [0.2, 0.25) is 0 Å². The van der Waals surface area contributed by atoms with E-state index in [1.807, 2.05) is 36.4 Å². The lowest BCUT2D eigenvalue weighted by Gasteiger charge is -2.06. The third-order valence-electron chi connectivity index (χ3n) is 3.16. The van der Waals surface area contributed by atoms with Gasteiger partial charge in [0.05, 0.1) is 0 Å². The summed E-state index contributed by atoms with van der Waals surface area (Å²) < 4.78 is 14.0. The van der Waals surface area contributed by atoms with Crippen LogP contribution in [-0.4, -0.2) is 5.78 Å². The molecule has 3 aromatic carbocycles. The zero-order valence-corrected chi connectivity index (χ0v) is 12.0. The molecule has 0 aliphatic rings. The van der Waals surface area contributed by atoms with Crippen molar-refractivity contribution >= 4 is 32.5 Å². The van der Waals surface area contributed by atoms with Crippen LogP contribution in [0, 0.1) is 5.82 Å². The average molecular weight is 329 g/mol. The SMILES string of the molecule is O=C(c1cc(F)cc(Br)c1)c1cccc2ccccc12. The molecule has 3 aromatic rings. The van der Waals surface area contributed by atoms with Crippen LogP contribution < -0.4 is 0 Å². The molecule has 0 saturated carbocycles. The van der Waals surface area contributed by atoms with E-state index in [-0.39, 0.29) is 5.78 Å². The third kappa shape index (κ3) is 2.37. The number of rotatable bonds is 2. The summed E-state index contributed by atoms with van der Waals surface area (Å²) in [6.07, 6.45) is 0. The fourth-order valence-electron chi connectivity index (χ4n) is 2.26. The zero-order valence-electron chi connectivity index (χ0n) is 10.4. The van der Waals surface area contributed by atoms with Crippen LogP contribution in [0.25, 0.3) is 10.8 Å². The summed E-state index contributed by atoms with van der Waals surface area (Å²) >= 11 is 3.21. The van der Waals surface area contributed by atoms with Gasteiger partial charge < -0.3 is 0 Å². The Labute approximate surface area is 124 Å². The average Bonchev–Trinajstić information content (AvgIpc) is 2.45. The lowest BCUT2D eigenvalue weighted by molar-refractivity contribution is 0.104. The van der Waals surface area contributed by atoms with Gasteiger partial charge in [-0.05, 0) is 29.0 Å². The number of carbonyl (C=O) groups excluding carboxylic acids is 1. The first kappa shape index (κ1) is 13.0. The Kier molecular flexibility index (Phi) is 3.36. The number of hydrogen-bond acceptors (Lipinski definition) is 1. The molecule has 0 amide bonds. The number of carbonyl (C=O) groups is 1. The fraction of sp³-hybridized carbons (Fsp3) is 0. The molecule has 98 valence electrons. The highest BCUT2D eigenvalue weighted by Gasteiger charge is 2.13. The van der Waals surface area contributed by atoms with Crippen molar-refractivity contribution in [2.75, 3.05) is 0 Å². The van der Waals surface area contributed by atoms with Crippen molar-refractivity contribution in [2.24, 2.45) is 0 Å². The van der Waals surface area contributed by atoms with E-state index in [0.29, 0.717) is 15.6 Å². The van der Waals surface area contributed by atoms with Crippen molar-refractivity contribution < 1.29 is 9.18 Å². The maximum absolute atomic E-state index is 13.4. The number of hydrogen-bond donors (Lipinski definition) is 0. The molecule has 0 spiro atoms. The Morgan fingerprint density at radius 1 is 0.950 bits per heavy atom. The standard InChI is InChI=1S/C17H10BrFO/c18-13-8-12(9-14(19)10-13)17(20)16-7-3-5-11-4-1-2-6-15(11)16/h1-10H. The van der Waals surface area contributed by atoms with Crippen LogP contribution in [0.3, 0.4) is 0 Å². The molecular weight excluding hydrogens is 319 g/mol. The van der Waals surface area contributed by atoms with Crippen LogP contribution in [0.5, 0.6) is 0 Å². The molecule has 3 rings (SSSR count). The lowest BCUT2D eigenvalue weighted by Crippen LogP contribution is -2.02. The van der Waals surface area contributed by atoms with Gasteiger partial charge in [-0.25, -0.2) is 4.39 Å². The quantitative estimate of drug-likeness (QED) is 0.607. The normalized spacial score (nSPS) is 10.7. The van der Waals surface area contributed by atoms with Gasteiger partial charge in [0.1, 0.15) is 5.82 Å². The second kappa shape index (κ2) is 5.17. The Bertz CT molecular complexity index is 785. The van der Waals surface area contributed by atoms with E-state index < -0.39 is 5.82 Å². The van der Waals surface area contributed by atoms with Crippen molar-refractivity contribution in [3.05, 3.63) is 82.1 Å². The van der Waals surface area contributed by atoms with Crippen molar-refractivity contribution in [1.82, 2.24) is 0 Å². The van der Waals surface area contributed by atoms with E-state index in [1.165, 1.54) is 12.1 Å². The molecule has 3 heteroatoms. The molecule has 0 unspecified atom stereocenters. The molecular formula is C17H10BrFO. The summed E-state index contributed by atoms with van der Waals surface area (Å²) in [6, 6.07) is 17.4. The first-order valence-corrected chi connectivity index (χ1v) is 6.93. The number of ketones is 1. The molecule has 0 atom stereocenters. The van der Waals surface area contributed by atoms with Crippen LogP contribution in [-0.2, 0) is 0 Å². The molecule has 0 aliphatic carbocycles. The highest BCUT2D eigenvalue weighted by molar-refractivity contribution is 9.10. The topological polar surface area (TPSA) is 17.1 Å². The highest BCUT2D eigenvalue weighted by Crippen LogP contribution is 2.23. The maximum atomic E-state index is 13.4. The summed E-state index contributed by atoms with van der Waals surface area (Å²) in [7, 11) is 0.